The predicted molar refractivity (Wildman–Crippen MR) is 98.2 cm³/mol. The molecule has 7 nitrogen and oxygen atoms in total. The molecule has 1 aromatic carbocycles. The maximum Gasteiger partial charge on any atom is 0.322 e. The van der Waals surface area contributed by atoms with Crippen LogP contribution in [0.2, 0.25) is 0 Å². The van der Waals surface area contributed by atoms with Crippen molar-refractivity contribution < 1.29 is 19.1 Å². The Bertz CT molecular complexity index is 705. The number of carbonyl (C=O) groups excluding carboxylic acids is 1. The topological polar surface area (TPSA) is 78.2 Å². The molecule has 0 saturated carbocycles. The maximum absolute atomic E-state index is 12.7. The van der Waals surface area contributed by atoms with Crippen LogP contribution in [-0.4, -0.2) is 60.3 Å². The van der Waals surface area contributed by atoms with Crippen LogP contribution < -0.4 is 10.1 Å². The quantitative estimate of drug-likeness (QED) is 0.828. The van der Waals surface area contributed by atoms with Gasteiger partial charge in [0.05, 0.1) is 25.6 Å². The Morgan fingerprint density at radius 2 is 2.15 bits per heavy atom. The third kappa shape index (κ3) is 4.36. The van der Waals surface area contributed by atoms with Gasteiger partial charge in [-0.05, 0) is 30.7 Å². The van der Waals surface area contributed by atoms with E-state index in [0.29, 0.717) is 37.5 Å². The summed E-state index contributed by atoms with van der Waals surface area (Å²) in [5, 5.41) is 12.3. The maximum atomic E-state index is 12.7. The van der Waals surface area contributed by atoms with Gasteiger partial charge < -0.3 is 24.5 Å². The molecule has 0 bridgehead atoms. The van der Waals surface area contributed by atoms with Crippen LogP contribution in [0, 0.1) is 0 Å². The molecule has 2 N–H and O–H groups in total. The Kier molecular flexibility index (Phi) is 6.14. The van der Waals surface area contributed by atoms with Gasteiger partial charge in [0.15, 0.2) is 0 Å². The van der Waals surface area contributed by atoms with Crippen molar-refractivity contribution in [3.63, 3.8) is 0 Å². The average molecular weight is 359 g/mol. The monoisotopic (exact) mass is 359 g/mol. The van der Waals surface area contributed by atoms with Crippen LogP contribution in [0.1, 0.15) is 12.2 Å². The number of piperazine rings is 1. The highest BCUT2D eigenvalue weighted by atomic mass is 16.5. The van der Waals surface area contributed by atoms with E-state index in [0.717, 1.165) is 12.3 Å². The van der Waals surface area contributed by atoms with Crippen molar-refractivity contribution in [2.75, 3.05) is 38.7 Å². The van der Waals surface area contributed by atoms with Crippen LogP contribution in [0.25, 0.3) is 0 Å². The van der Waals surface area contributed by atoms with Crippen molar-refractivity contribution in [3.05, 3.63) is 48.4 Å². The summed E-state index contributed by atoms with van der Waals surface area (Å²) >= 11 is 0. The van der Waals surface area contributed by atoms with Crippen molar-refractivity contribution in [2.24, 2.45) is 0 Å². The molecule has 1 fully saturated rings. The second kappa shape index (κ2) is 8.73. The van der Waals surface area contributed by atoms with Crippen molar-refractivity contribution in [1.82, 2.24) is 9.80 Å². The number of para-hydroxylation sites is 2. The minimum Gasteiger partial charge on any atom is -0.495 e. The highest BCUT2D eigenvalue weighted by Gasteiger charge is 2.30. The molecular weight excluding hydrogens is 334 g/mol. The number of furan rings is 1. The van der Waals surface area contributed by atoms with Crippen molar-refractivity contribution in [2.45, 2.75) is 19.0 Å². The zero-order chi connectivity index (χ0) is 18.4. The molecule has 1 saturated heterocycles. The smallest absolute Gasteiger partial charge is 0.322 e. The highest BCUT2D eigenvalue weighted by molar-refractivity contribution is 5.91. The fourth-order valence-corrected chi connectivity index (χ4v) is 3.25. The van der Waals surface area contributed by atoms with E-state index in [1.165, 1.54) is 0 Å². The first-order valence-electron chi connectivity index (χ1n) is 8.77. The van der Waals surface area contributed by atoms with Crippen molar-refractivity contribution in [3.8, 4) is 5.75 Å². The minimum atomic E-state index is -0.157. The third-order valence-electron chi connectivity index (χ3n) is 4.64. The fourth-order valence-electron chi connectivity index (χ4n) is 3.25. The predicted octanol–water partition coefficient (Wildman–Crippen LogP) is 2.39. The fraction of sp³-hybridized carbons (Fsp3) is 0.421. The normalized spacial score (nSPS) is 17.9. The number of anilines is 1. The van der Waals surface area contributed by atoms with Gasteiger partial charge in [-0.1, -0.05) is 12.1 Å². The average Bonchev–Trinajstić information content (AvgIpc) is 3.17. The number of urea groups is 1. The number of amides is 2. The molecule has 3 rings (SSSR count). The molecule has 26 heavy (non-hydrogen) atoms. The first-order valence-corrected chi connectivity index (χ1v) is 8.77. The summed E-state index contributed by atoms with van der Waals surface area (Å²) in [6.07, 6.45) is 2.27. The molecular formula is C19H25N3O4. The van der Waals surface area contributed by atoms with Crippen molar-refractivity contribution >= 4 is 11.7 Å². The minimum absolute atomic E-state index is 0.0846. The van der Waals surface area contributed by atoms with Gasteiger partial charge >= 0.3 is 6.03 Å². The number of methoxy groups -OCH3 is 1. The lowest BCUT2D eigenvalue weighted by molar-refractivity contribution is 0.0669. The van der Waals surface area contributed by atoms with Crippen LogP contribution in [0.3, 0.4) is 0 Å². The van der Waals surface area contributed by atoms with E-state index in [2.05, 4.69) is 10.2 Å². The molecule has 1 aromatic heterocycles. The molecule has 2 amide bonds. The Labute approximate surface area is 153 Å². The second-order valence-corrected chi connectivity index (χ2v) is 6.29. The summed E-state index contributed by atoms with van der Waals surface area (Å²) in [4.78, 5) is 16.7. The van der Waals surface area contributed by atoms with Crippen LogP contribution in [0.5, 0.6) is 5.75 Å². The molecule has 2 heterocycles. The summed E-state index contributed by atoms with van der Waals surface area (Å²) in [7, 11) is 1.58. The molecule has 0 spiro atoms. The summed E-state index contributed by atoms with van der Waals surface area (Å²) in [6.45, 7) is 2.66. The number of nitrogens with zero attached hydrogens (tertiary/aromatic N) is 2. The summed E-state index contributed by atoms with van der Waals surface area (Å²) < 4.78 is 10.7. The number of aliphatic hydroxyl groups is 1. The number of benzene rings is 1. The summed E-state index contributed by atoms with van der Waals surface area (Å²) in [5.74, 6) is 1.52. The first kappa shape index (κ1) is 18.3. The van der Waals surface area contributed by atoms with E-state index in [-0.39, 0.29) is 18.7 Å². The molecule has 0 radical (unpaired) electrons. The van der Waals surface area contributed by atoms with Crippen LogP contribution >= 0.6 is 0 Å². The lowest BCUT2D eigenvalue weighted by atomic mass is 10.1. The van der Waals surface area contributed by atoms with E-state index in [1.54, 1.807) is 18.3 Å². The Hall–Kier alpha value is -2.51. The van der Waals surface area contributed by atoms with E-state index in [9.17, 15) is 9.90 Å². The SMILES string of the molecule is COc1ccccc1NC(=O)N1CCN(Cc2ccco2)C(CCO)C1. The lowest BCUT2D eigenvalue weighted by Crippen LogP contribution is -2.55. The number of ether oxygens (including phenoxy) is 1. The van der Waals surface area contributed by atoms with Crippen LogP contribution in [0.4, 0.5) is 10.5 Å². The number of aliphatic hydroxyl groups excluding tert-OH is 1. The van der Waals surface area contributed by atoms with Gasteiger partial charge in [0.1, 0.15) is 11.5 Å². The number of carbonyl (C=O) groups is 1. The van der Waals surface area contributed by atoms with Gasteiger partial charge in [0.25, 0.3) is 0 Å². The Morgan fingerprint density at radius 1 is 1.31 bits per heavy atom. The second-order valence-electron chi connectivity index (χ2n) is 6.29. The van der Waals surface area contributed by atoms with E-state index >= 15 is 0 Å². The van der Waals surface area contributed by atoms with Gasteiger partial charge in [0, 0.05) is 32.3 Å². The molecule has 140 valence electrons. The zero-order valence-electron chi connectivity index (χ0n) is 14.9. The van der Waals surface area contributed by atoms with Gasteiger partial charge in [-0.2, -0.15) is 0 Å². The lowest BCUT2D eigenvalue weighted by Gasteiger charge is -2.41. The molecule has 7 heteroatoms. The van der Waals surface area contributed by atoms with Crippen LogP contribution in [0.15, 0.2) is 47.1 Å². The molecule has 2 aromatic rings. The van der Waals surface area contributed by atoms with E-state index < -0.39 is 0 Å². The van der Waals surface area contributed by atoms with Crippen molar-refractivity contribution in [1.29, 1.82) is 0 Å². The van der Waals surface area contributed by atoms with Crippen LogP contribution in [-0.2, 0) is 6.54 Å². The van der Waals surface area contributed by atoms with E-state index in [1.807, 2.05) is 36.4 Å². The third-order valence-corrected chi connectivity index (χ3v) is 4.64. The largest absolute Gasteiger partial charge is 0.495 e. The number of hydrogen-bond acceptors (Lipinski definition) is 5. The molecule has 1 aliphatic rings. The molecule has 1 aliphatic heterocycles. The number of rotatable bonds is 6. The molecule has 1 unspecified atom stereocenters. The summed E-state index contributed by atoms with van der Waals surface area (Å²) in [5.41, 5.74) is 0.650. The molecule has 0 aliphatic carbocycles. The Morgan fingerprint density at radius 3 is 2.88 bits per heavy atom. The molecule has 1 atom stereocenters. The van der Waals surface area contributed by atoms with Gasteiger partial charge in [-0.25, -0.2) is 4.79 Å². The first-order chi connectivity index (χ1) is 12.7. The number of nitrogens with one attached hydrogen (secondary N) is 1. The van der Waals surface area contributed by atoms with Gasteiger partial charge in [-0.3, -0.25) is 4.90 Å². The number of hydrogen-bond donors (Lipinski definition) is 2. The van der Waals surface area contributed by atoms with Gasteiger partial charge in [-0.15, -0.1) is 0 Å². The standard InChI is InChI=1S/C19H25N3O4/c1-25-18-7-3-2-6-17(18)20-19(24)22-10-9-21(15(13-22)8-11-23)14-16-5-4-12-26-16/h2-7,12,15,23H,8-11,13-14H2,1H3,(H,20,24). The Balaban J connectivity index is 1.63. The van der Waals surface area contributed by atoms with Gasteiger partial charge in [0.2, 0.25) is 0 Å². The zero-order valence-corrected chi connectivity index (χ0v) is 14.9. The summed E-state index contributed by atoms with van der Waals surface area (Å²) in [6, 6.07) is 11.1. The highest BCUT2D eigenvalue weighted by Crippen LogP contribution is 2.24. The van der Waals surface area contributed by atoms with E-state index in [4.69, 9.17) is 9.15 Å².